The van der Waals surface area contributed by atoms with Crippen LogP contribution in [0.1, 0.15) is 45.9 Å². The highest BCUT2D eigenvalue weighted by atomic mass is 15.3. The molecule has 0 bridgehead atoms. The summed E-state index contributed by atoms with van der Waals surface area (Å²) >= 11 is 0. The lowest BCUT2D eigenvalue weighted by Gasteiger charge is -2.12. The quantitative estimate of drug-likeness (QED) is 0.848. The SMILES string of the molecule is CC(C)n1ccc(CC(N)C2CC2(C)C)n1. The van der Waals surface area contributed by atoms with Crippen molar-refractivity contribution in [3.8, 4) is 0 Å². The van der Waals surface area contributed by atoms with Crippen molar-refractivity contribution >= 4 is 0 Å². The van der Waals surface area contributed by atoms with E-state index in [1.165, 1.54) is 6.42 Å². The van der Waals surface area contributed by atoms with Gasteiger partial charge in [-0.25, -0.2) is 0 Å². The highest BCUT2D eigenvalue weighted by molar-refractivity contribution is 5.08. The van der Waals surface area contributed by atoms with Crippen molar-refractivity contribution < 1.29 is 0 Å². The normalized spacial score (nSPS) is 24.8. The van der Waals surface area contributed by atoms with E-state index in [0.29, 0.717) is 17.4 Å². The molecule has 0 spiro atoms. The second kappa shape index (κ2) is 3.88. The third-order valence-corrected chi connectivity index (χ3v) is 3.74. The summed E-state index contributed by atoms with van der Waals surface area (Å²) in [7, 11) is 0. The second-order valence-corrected chi connectivity index (χ2v) is 6.05. The summed E-state index contributed by atoms with van der Waals surface area (Å²) in [5.41, 5.74) is 7.81. The molecule has 90 valence electrons. The minimum atomic E-state index is 0.269. The maximum Gasteiger partial charge on any atom is 0.0640 e. The Balaban J connectivity index is 1.94. The Bertz CT molecular complexity index is 365. The molecule has 2 unspecified atom stereocenters. The zero-order chi connectivity index (χ0) is 11.9. The van der Waals surface area contributed by atoms with Gasteiger partial charge in [0.25, 0.3) is 0 Å². The fourth-order valence-electron chi connectivity index (χ4n) is 2.40. The van der Waals surface area contributed by atoms with Crippen LogP contribution in [0.25, 0.3) is 0 Å². The topological polar surface area (TPSA) is 43.8 Å². The smallest absolute Gasteiger partial charge is 0.0640 e. The highest BCUT2D eigenvalue weighted by Gasteiger charge is 2.48. The Hall–Kier alpha value is -0.830. The highest BCUT2D eigenvalue weighted by Crippen LogP contribution is 2.53. The van der Waals surface area contributed by atoms with Crippen molar-refractivity contribution in [2.75, 3.05) is 0 Å². The van der Waals surface area contributed by atoms with E-state index in [1.807, 2.05) is 10.9 Å². The van der Waals surface area contributed by atoms with Crippen molar-refractivity contribution in [1.82, 2.24) is 9.78 Å². The Morgan fingerprint density at radius 2 is 2.19 bits per heavy atom. The third-order valence-electron chi connectivity index (χ3n) is 3.74. The van der Waals surface area contributed by atoms with Crippen molar-refractivity contribution in [3.05, 3.63) is 18.0 Å². The van der Waals surface area contributed by atoms with Gasteiger partial charge >= 0.3 is 0 Å². The summed E-state index contributed by atoms with van der Waals surface area (Å²) < 4.78 is 2.00. The van der Waals surface area contributed by atoms with Gasteiger partial charge in [0.15, 0.2) is 0 Å². The van der Waals surface area contributed by atoms with E-state index in [4.69, 9.17) is 5.73 Å². The van der Waals surface area contributed by atoms with E-state index in [0.717, 1.165) is 12.1 Å². The number of nitrogens with two attached hydrogens (primary N) is 1. The summed E-state index contributed by atoms with van der Waals surface area (Å²) in [5.74, 6) is 0.677. The van der Waals surface area contributed by atoms with E-state index in [-0.39, 0.29) is 6.04 Å². The average Bonchev–Trinajstić information content (AvgIpc) is 2.62. The van der Waals surface area contributed by atoms with Crippen LogP contribution in [0, 0.1) is 11.3 Å². The minimum Gasteiger partial charge on any atom is -0.327 e. The molecule has 0 radical (unpaired) electrons. The lowest BCUT2D eigenvalue weighted by Crippen LogP contribution is -2.27. The zero-order valence-electron chi connectivity index (χ0n) is 10.8. The monoisotopic (exact) mass is 221 g/mol. The first kappa shape index (κ1) is 11.6. The number of hydrogen-bond acceptors (Lipinski definition) is 2. The van der Waals surface area contributed by atoms with Crippen LogP contribution in [0.5, 0.6) is 0 Å². The molecule has 1 heterocycles. The molecule has 1 aromatic rings. The van der Waals surface area contributed by atoms with Gasteiger partial charge in [-0.05, 0) is 37.7 Å². The van der Waals surface area contributed by atoms with Crippen molar-refractivity contribution in [3.63, 3.8) is 0 Å². The number of hydrogen-bond donors (Lipinski definition) is 1. The van der Waals surface area contributed by atoms with E-state index >= 15 is 0 Å². The molecule has 0 aromatic carbocycles. The van der Waals surface area contributed by atoms with Crippen LogP contribution in [-0.4, -0.2) is 15.8 Å². The molecule has 0 amide bonds. The van der Waals surface area contributed by atoms with Crippen LogP contribution in [0.3, 0.4) is 0 Å². The Kier molecular flexibility index (Phi) is 2.82. The van der Waals surface area contributed by atoms with Gasteiger partial charge in [0.05, 0.1) is 5.69 Å². The van der Waals surface area contributed by atoms with Crippen molar-refractivity contribution in [1.29, 1.82) is 0 Å². The van der Waals surface area contributed by atoms with Crippen LogP contribution in [-0.2, 0) is 6.42 Å². The van der Waals surface area contributed by atoms with Gasteiger partial charge < -0.3 is 5.73 Å². The van der Waals surface area contributed by atoms with Gasteiger partial charge in [-0.1, -0.05) is 13.8 Å². The molecule has 1 aliphatic carbocycles. The molecule has 1 fully saturated rings. The fourth-order valence-corrected chi connectivity index (χ4v) is 2.40. The molecule has 3 heteroatoms. The molecule has 1 saturated carbocycles. The van der Waals surface area contributed by atoms with Crippen LogP contribution in [0.4, 0.5) is 0 Å². The first-order valence-electron chi connectivity index (χ1n) is 6.20. The van der Waals surface area contributed by atoms with Gasteiger partial charge in [0.1, 0.15) is 0 Å². The molecule has 1 aromatic heterocycles. The van der Waals surface area contributed by atoms with Crippen molar-refractivity contribution in [2.24, 2.45) is 17.1 Å². The largest absolute Gasteiger partial charge is 0.327 e. The summed E-state index contributed by atoms with van der Waals surface area (Å²) in [6.07, 6.45) is 4.22. The molecule has 2 rings (SSSR count). The maximum atomic E-state index is 6.22. The van der Waals surface area contributed by atoms with E-state index in [9.17, 15) is 0 Å². The molecule has 0 aliphatic heterocycles. The average molecular weight is 221 g/mol. The zero-order valence-corrected chi connectivity index (χ0v) is 10.8. The molecule has 1 aliphatic rings. The lowest BCUT2D eigenvalue weighted by atomic mass is 10.0. The molecule has 3 nitrogen and oxygen atoms in total. The predicted octanol–water partition coefficient (Wildman–Crippen LogP) is 2.38. The summed E-state index contributed by atoms with van der Waals surface area (Å²) in [5, 5.41) is 4.54. The number of nitrogens with zero attached hydrogens (tertiary/aromatic N) is 2. The summed E-state index contributed by atoms with van der Waals surface area (Å²) in [6.45, 7) is 8.87. The number of rotatable bonds is 4. The van der Waals surface area contributed by atoms with Gasteiger partial charge in [0, 0.05) is 24.7 Å². The molecule has 2 atom stereocenters. The molecule has 2 N–H and O–H groups in total. The van der Waals surface area contributed by atoms with Crippen LogP contribution in [0.2, 0.25) is 0 Å². The first-order valence-corrected chi connectivity index (χ1v) is 6.20. The Morgan fingerprint density at radius 3 is 2.62 bits per heavy atom. The molecule has 0 saturated heterocycles. The van der Waals surface area contributed by atoms with Crippen LogP contribution < -0.4 is 5.73 Å². The Morgan fingerprint density at radius 1 is 1.56 bits per heavy atom. The van der Waals surface area contributed by atoms with Gasteiger partial charge in [-0.2, -0.15) is 5.10 Å². The first-order chi connectivity index (χ1) is 7.40. The predicted molar refractivity (Wildman–Crippen MR) is 66.2 cm³/mol. The molecular weight excluding hydrogens is 198 g/mol. The molecule has 16 heavy (non-hydrogen) atoms. The summed E-state index contributed by atoms with van der Waals surface area (Å²) in [4.78, 5) is 0. The van der Waals surface area contributed by atoms with E-state index < -0.39 is 0 Å². The standard InChI is InChI=1S/C13H23N3/c1-9(2)16-6-5-10(15-16)7-12(14)11-8-13(11,3)4/h5-6,9,11-12H,7-8,14H2,1-4H3. The second-order valence-electron chi connectivity index (χ2n) is 6.05. The van der Waals surface area contributed by atoms with Gasteiger partial charge in [0.2, 0.25) is 0 Å². The van der Waals surface area contributed by atoms with Crippen LogP contribution >= 0.6 is 0 Å². The third kappa shape index (κ3) is 2.29. The molecular formula is C13H23N3. The summed E-state index contributed by atoms with van der Waals surface area (Å²) in [6, 6.07) is 2.79. The lowest BCUT2D eigenvalue weighted by molar-refractivity contribution is 0.467. The maximum absolute atomic E-state index is 6.22. The number of aromatic nitrogens is 2. The fraction of sp³-hybridized carbons (Fsp3) is 0.769. The van der Waals surface area contributed by atoms with E-state index in [2.05, 4.69) is 38.9 Å². The van der Waals surface area contributed by atoms with Gasteiger partial charge in [-0.15, -0.1) is 0 Å². The van der Waals surface area contributed by atoms with Gasteiger partial charge in [-0.3, -0.25) is 4.68 Å². The minimum absolute atomic E-state index is 0.269. The van der Waals surface area contributed by atoms with Crippen LogP contribution in [0.15, 0.2) is 12.3 Å². The van der Waals surface area contributed by atoms with E-state index in [1.54, 1.807) is 0 Å². The Labute approximate surface area is 98.0 Å². The van der Waals surface area contributed by atoms with Crippen molar-refractivity contribution in [2.45, 2.75) is 52.6 Å².